The highest BCUT2D eigenvalue weighted by Crippen LogP contribution is 2.41. The van der Waals surface area contributed by atoms with Crippen LogP contribution in [0.3, 0.4) is 0 Å². The third kappa shape index (κ3) is 4.88. The molecule has 1 atom stereocenters. The highest BCUT2D eigenvalue weighted by molar-refractivity contribution is 8.14. The van der Waals surface area contributed by atoms with E-state index < -0.39 is 0 Å². The van der Waals surface area contributed by atoms with Crippen LogP contribution in [0.1, 0.15) is 33.1 Å². The molecule has 2 aliphatic rings. The van der Waals surface area contributed by atoms with Gasteiger partial charge in [-0.1, -0.05) is 25.6 Å². The van der Waals surface area contributed by atoms with Crippen molar-refractivity contribution in [2.24, 2.45) is 16.8 Å². The zero-order valence-corrected chi connectivity index (χ0v) is 11.8. The molecule has 0 amide bonds. The molecule has 0 bridgehead atoms. The fourth-order valence-corrected chi connectivity index (χ4v) is 3.09. The maximum atomic E-state index is 5.56. The highest BCUT2D eigenvalue weighted by Gasteiger charge is 2.35. The fourth-order valence-electron chi connectivity index (χ4n) is 1.85. The summed E-state index contributed by atoms with van der Waals surface area (Å²) in [6, 6.07) is 0. The Morgan fingerprint density at radius 3 is 2.94 bits per heavy atom. The van der Waals surface area contributed by atoms with E-state index in [1.54, 1.807) is 0 Å². The Balaban J connectivity index is 1.45. The summed E-state index contributed by atoms with van der Waals surface area (Å²) in [5, 5.41) is 5.27. The fraction of sp³-hybridized carbons (Fsp3) is 0.923. The molecule has 1 aliphatic heterocycles. The van der Waals surface area contributed by atoms with Gasteiger partial charge in [-0.15, -0.1) is 0 Å². The predicted molar refractivity (Wildman–Crippen MR) is 74.7 cm³/mol. The molecule has 0 radical (unpaired) electrons. The van der Waals surface area contributed by atoms with Crippen molar-refractivity contribution in [3.63, 3.8) is 0 Å². The molecule has 0 saturated heterocycles. The third-order valence-corrected chi connectivity index (χ3v) is 4.52. The number of aliphatic imine (C=N–C) groups is 1. The Morgan fingerprint density at radius 1 is 1.41 bits per heavy atom. The maximum Gasteiger partial charge on any atom is 0.157 e. The lowest BCUT2D eigenvalue weighted by Crippen LogP contribution is -2.24. The van der Waals surface area contributed by atoms with E-state index in [9.17, 15) is 0 Å². The van der Waals surface area contributed by atoms with Gasteiger partial charge in [0.25, 0.3) is 0 Å². The lowest BCUT2D eigenvalue weighted by molar-refractivity contribution is 0.128. The average Bonchev–Trinajstić information content (AvgIpc) is 3.04. The van der Waals surface area contributed by atoms with E-state index in [0.29, 0.717) is 0 Å². The minimum Gasteiger partial charge on any atom is -0.380 e. The topological polar surface area (TPSA) is 33.6 Å². The van der Waals surface area contributed by atoms with Crippen LogP contribution in [0.4, 0.5) is 0 Å². The molecule has 1 saturated carbocycles. The molecule has 1 heterocycles. The predicted octanol–water partition coefficient (Wildman–Crippen LogP) is 2.52. The van der Waals surface area contributed by atoms with Gasteiger partial charge < -0.3 is 10.1 Å². The molecule has 1 aliphatic carbocycles. The number of hydrogen-bond donors (Lipinski definition) is 1. The first-order valence-corrected chi connectivity index (χ1v) is 7.66. The van der Waals surface area contributed by atoms with Gasteiger partial charge >= 0.3 is 0 Å². The Labute approximate surface area is 109 Å². The van der Waals surface area contributed by atoms with Crippen molar-refractivity contribution in [1.29, 1.82) is 0 Å². The van der Waals surface area contributed by atoms with Gasteiger partial charge in [0, 0.05) is 18.4 Å². The first-order chi connectivity index (χ1) is 8.25. The minimum atomic E-state index is 0.733. The number of nitrogens with zero attached hydrogens (tertiary/aromatic N) is 1. The van der Waals surface area contributed by atoms with E-state index in [1.165, 1.54) is 12.8 Å². The standard InChI is InChI=1S/C13H24N2OS/c1-10(2)5-7-16-8-6-14-13-15-9-12(17-13)11-3-4-11/h10-12H,3-9H2,1-2H3,(H,14,15). The van der Waals surface area contributed by atoms with Gasteiger partial charge in [-0.3, -0.25) is 4.99 Å². The van der Waals surface area contributed by atoms with E-state index in [0.717, 1.165) is 55.0 Å². The van der Waals surface area contributed by atoms with Crippen molar-refractivity contribution < 1.29 is 4.74 Å². The zero-order chi connectivity index (χ0) is 12.1. The molecule has 0 aromatic carbocycles. The summed E-state index contributed by atoms with van der Waals surface area (Å²) in [4.78, 5) is 4.54. The van der Waals surface area contributed by atoms with Crippen LogP contribution in [0, 0.1) is 11.8 Å². The van der Waals surface area contributed by atoms with Gasteiger partial charge in [-0.05, 0) is 31.1 Å². The molecule has 98 valence electrons. The van der Waals surface area contributed by atoms with Crippen molar-refractivity contribution in [3.8, 4) is 0 Å². The molecule has 0 aromatic rings. The number of amidine groups is 1. The van der Waals surface area contributed by atoms with Crippen LogP contribution in [-0.2, 0) is 4.74 Å². The van der Waals surface area contributed by atoms with E-state index in [2.05, 4.69) is 24.2 Å². The highest BCUT2D eigenvalue weighted by atomic mass is 32.2. The van der Waals surface area contributed by atoms with Gasteiger partial charge in [-0.2, -0.15) is 0 Å². The van der Waals surface area contributed by atoms with Crippen LogP contribution in [0.2, 0.25) is 0 Å². The zero-order valence-electron chi connectivity index (χ0n) is 10.9. The van der Waals surface area contributed by atoms with Crippen LogP contribution in [0.15, 0.2) is 4.99 Å². The summed E-state index contributed by atoms with van der Waals surface area (Å²) in [7, 11) is 0. The normalized spacial score (nSPS) is 24.2. The number of nitrogens with one attached hydrogen (secondary N) is 1. The molecule has 2 rings (SSSR count). The summed E-state index contributed by atoms with van der Waals surface area (Å²) < 4.78 is 5.56. The lowest BCUT2D eigenvalue weighted by atomic mass is 10.1. The summed E-state index contributed by atoms with van der Waals surface area (Å²) in [6.45, 7) is 8.03. The Hall–Kier alpha value is -0.220. The molecule has 0 aromatic heterocycles. The Morgan fingerprint density at radius 2 is 2.24 bits per heavy atom. The molecular weight excluding hydrogens is 232 g/mol. The largest absolute Gasteiger partial charge is 0.380 e. The third-order valence-electron chi connectivity index (χ3n) is 3.19. The van der Waals surface area contributed by atoms with E-state index in [4.69, 9.17) is 4.74 Å². The number of rotatable bonds is 7. The second kappa shape index (κ2) is 6.64. The molecule has 17 heavy (non-hydrogen) atoms. The van der Waals surface area contributed by atoms with Gasteiger partial charge in [0.05, 0.1) is 13.2 Å². The van der Waals surface area contributed by atoms with Crippen molar-refractivity contribution >= 4 is 16.9 Å². The second-order valence-electron chi connectivity index (χ2n) is 5.36. The molecular formula is C13H24N2OS. The second-order valence-corrected chi connectivity index (χ2v) is 6.59. The van der Waals surface area contributed by atoms with E-state index in [1.807, 2.05) is 11.8 Å². The SMILES string of the molecule is CC(C)CCOCCNC1=NCC(C2CC2)S1. The summed E-state index contributed by atoms with van der Waals surface area (Å²) >= 11 is 1.93. The summed E-state index contributed by atoms with van der Waals surface area (Å²) in [5.41, 5.74) is 0. The van der Waals surface area contributed by atoms with Crippen LogP contribution in [0.25, 0.3) is 0 Å². The first kappa shape index (κ1) is 13.2. The monoisotopic (exact) mass is 256 g/mol. The van der Waals surface area contributed by atoms with E-state index in [-0.39, 0.29) is 0 Å². The molecule has 0 spiro atoms. The number of ether oxygens (including phenoxy) is 1. The minimum absolute atomic E-state index is 0.733. The Kier molecular flexibility index (Phi) is 5.16. The van der Waals surface area contributed by atoms with Gasteiger partial charge in [0.1, 0.15) is 0 Å². The van der Waals surface area contributed by atoms with Crippen molar-refractivity contribution in [3.05, 3.63) is 0 Å². The maximum absolute atomic E-state index is 5.56. The average molecular weight is 256 g/mol. The van der Waals surface area contributed by atoms with Gasteiger partial charge in [0.2, 0.25) is 0 Å². The summed E-state index contributed by atoms with van der Waals surface area (Å²) in [5.74, 6) is 1.68. The van der Waals surface area contributed by atoms with E-state index >= 15 is 0 Å². The molecule has 1 N–H and O–H groups in total. The molecule has 3 nitrogen and oxygen atoms in total. The van der Waals surface area contributed by atoms with Crippen molar-refractivity contribution in [1.82, 2.24) is 5.32 Å². The molecule has 1 unspecified atom stereocenters. The van der Waals surface area contributed by atoms with Crippen LogP contribution >= 0.6 is 11.8 Å². The van der Waals surface area contributed by atoms with Crippen LogP contribution < -0.4 is 5.32 Å². The van der Waals surface area contributed by atoms with Crippen molar-refractivity contribution in [2.45, 2.75) is 38.4 Å². The van der Waals surface area contributed by atoms with Gasteiger partial charge in [-0.25, -0.2) is 0 Å². The number of thioether (sulfide) groups is 1. The van der Waals surface area contributed by atoms with Gasteiger partial charge in [0.15, 0.2) is 5.17 Å². The van der Waals surface area contributed by atoms with Crippen LogP contribution in [-0.4, -0.2) is 36.7 Å². The summed E-state index contributed by atoms with van der Waals surface area (Å²) in [6.07, 6.45) is 3.98. The smallest absolute Gasteiger partial charge is 0.157 e. The number of hydrogen-bond acceptors (Lipinski definition) is 4. The first-order valence-electron chi connectivity index (χ1n) is 6.78. The molecule has 4 heteroatoms. The molecule has 1 fully saturated rings. The van der Waals surface area contributed by atoms with Crippen LogP contribution in [0.5, 0.6) is 0 Å². The lowest BCUT2D eigenvalue weighted by Gasteiger charge is -2.09. The Bertz CT molecular complexity index is 264. The quantitative estimate of drug-likeness (QED) is 0.711. The van der Waals surface area contributed by atoms with Crippen molar-refractivity contribution in [2.75, 3.05) is 26.3 Å².